The number of carbonyl (C=O) groups excluding carboxylic acids is 2. The highest BCUT2D eigenvalue weighted by molar-refractivity contribution is 5.87. The monoisotopic (exact) mass is 331 g/mol. The van der Waals surface area contributed by atoms with Gasteiger partial charge in [-0.1, -0.05) is 19.3 Å². The van der Waals surface area contributed by atoms with Crippen LogP contribution in [0.2, 0.25) is 0 Å². The van der Waals surface area contributed by atoms with Crippen molar-refractivity contribution < 1.29 is 9.59 Å². The van der Waals surface area contributed by atoms with Gasteiger partial charge in [0.2, 0.25) is 11.8 Å². The van der Waals surface area contributed by atoms with Crippen molar-refractivity contribution in [3.05, 3.63) is 0 Å². The molecule has 1 saturated carbocycles. The van der Waals surface area contributed by atoms with E-state index in [9.17, 15) is 9.59 Å². The molecule has 2 aliphatic rings. The molecule has 1 unspecified atom stereocenters. The van der Waals surface area contributed by atoms with E-state index < -0.39 is 6.04 Å². The number of hydrogen-bond donors (Lipinski definition) is 2. The number of halogens is 1. The summed E-state index contributed by atoms with van der Waals surface area (Å²) in [5.74, 6) is 0.606. The lowest BCUT2D eigenvalue weighted by molar-refractivity contribution is -0.136. The zero-order valence-corrected chi connectivity index (χ0v) is 14.4. The summed E-state index contributed by atoms with van der Waals surface area (Å²) in [7, 11) is 0. The Morgan fingerprint density at radius 2 is 1.86 bits per heavy atom. The van der Waals surface area contributed by atoms with Gasteiger partial charge in [-0.05, 0) is 38.6 Å². The number of carbonyl (C=O) groups is 2. The lowest BCUT2D eigenvalue weighted by Gasteiger charge is -2.25. The van der Waals surface area contributed by atoms with Gasteiger partial charge < -0.3 is 15.5 Å². The van der Waals surface area contributed by atoms with Crippen molar-refractivity contribution in [2.24, 2.45) is 5.92 Å². The Balaban J connectivity index is 0.00000242. The van der Waals surface area contributed by atoms with Crippen LogP contribution in [0.5, 0.6) is 0 Å². The summed E-state index contributed by atoms with van der Waals surface area (Å²) in [5, 5.41) is 6.18. The smallest absolute Gasteiger partial charge is 0.244 e. The van der Waals surface area contributed by atoms with Gasteiger partial charge in [0.05, 0.1) is 0 Å². The van der Waals surface area contributed by atoms with Crippen molar-refractivity contribution in [2.75, 3.05) is 26.2 Å². The molecule has 5 nitrogen and oxygen atoms in total. The van der Waals surface area contributed by atoms with E-state index in [1.165, 1.54) is 19.3 Å². The fourth-order valence-corrected chi connectivity index (χ4v) is 3.36. The molecule has 1 aliphatic heterocycles. The van der Waals surface area contributed by atoms with Crippen molar-refractivity contribution >= 4 is 24.2 Å². The van der Waals surface area contributed by atoms with Gasteiger partial charge in [0.1, 0.15) is 6.04 Å². The van der Waals surface area contributed by atoms with E-state index in [4.69, 9.17) is 0 Å². The molecule has 0 bridgehead atoms. The minimum absolute atomic E-state index is 0. The fourth-order valence-electron chi connectivity index (χ4n) is 3.36. The normalized spacial score (nSPS) is 21.4. The maximum absolute atomic E-state index is 12.4. The quantitative estimate of drug-likeness (QED) is 0.824. The lowest BCUT2D eigenvalue weighted by atomic mass is 9.87. The molecule has 128 valence electrons. The summed E-state index contributed by atoms with van der Waals surface area (Å²) in [5.41, 5.74) is 0. The number of amides is 2. The number of nitrogens with one attached hydrogen (secondary N) is 2. The van der Waals surface area contributed by atoms with Crippen LogP contribution in [0.4, 0.5) is 0 Å². The molecule has 2 amide bonds. The van der Waals surface area contributed by atoms with E-state index >= 15 is 0 Å². The van der Waals surface area contributed by atoms with Crippen molar-refractivity contribution in [3.8, 4) is 0 Å². The van der Waals surface area contributed by atoms with E-state index in [2.05, 4.69) is 10.6 Å². The molecule has 1 saturated heterocycles. The van der Waals surface area contributed by atoms with Gasteiger partial charge in [-0.25, -0.2) is 0 Å². The molecule has 2 N–H and O–H groups in total. The average Bonchev–Trinajstić information content (AvgIpc) is 2.76. The Bertz CT molecular complexity index is 351. The minimum atomic E-state index is -0.404. The second kappa shape index (κ2) is 10.1. The van der Waals surface area contributed by atoms with Gasteiger partial charge in [0.25, 0.3) is 0 Å². The predicted octanol–water partition coefficient (Wildman–Crippen LogP) is 1.71. The van der Waals surface area contributed by atoms with Gasteiger partial charge in [-0.15, -0.1) is 12.4 Å². The Morgan fingerprint density at radius 3 is 2.59 bits per heavy atom. The van der Waals surface area contributed by atoms with E-state index in [1.54, 1.807) is 6.92 Å². The molecule has 22 heavy (non-hydrogen) atoms. The molecular formula is C16H30ClN3O2. The van der Waals surface area contributed by atoms with Crippen LogP contribution in [-0.4, -0.2) is 48.9 Å². The molecular weight excluding hydrogens is 302 g/mol. The Morgan fingerprint density at radius 1 is 1.14 bits per heavy atom. The molecule has 0 radical (unpaired) electrons. The SMILES string of the molecule is CC(NC(=O)CC1CCCCC1)C(=O)N1CCCNCC1.Cl. The first kappa shape index (κ1) is 19.2. The number of hydrogen-bond acceptors (Lipinski definition) is 3. The molecule has 1 atom stereocenters. The van der Waals surface area contributed by atoms with Gasteiger partial charge in [0, 0.05) is 26.1 Å². The zero-order valence-electron chi connectivity index (χ0n) is 13.6. The third kappa shape index (κ3) is 6.13. The molecule has 0 aromatic heterocycles. The topological polar surface area (TPSA) is 61.4 Å². The number of nitrogens with zero attached hydrogens (tertiary/aromatic N) is 1. The fraction of sp³-hybridized carbons (Fsp3) is 0.875. The first-order valence-corrected chi connectivity index (χ1v) is 8.45. The summed E-state index contributed by atoms with van der Waals surface area (Å²) in [6, 6.07) is -0.404. The van der Waals surface area contributed by atoms with Gasteiger partial charge in [0.15, 0.2) is 0 Å². The van der Waals surface area contributed by atoms with Crippen molar-refractivity contribution in [2.45, 2.75) is 57.9 Å². The van der Waals surface area contributed by atoms with Crippen LogP contribution in [0.15, 0.2) is 0 Å². The predicted molar refractivity (Wildman–Crippen MR) is 90.1 cm³/mol. The van der Waals surface area contributed by atoms with E-state index in [1.807, 2.05) is 4.90 Å². The summed E-state index contributed by atoms with van der Waals surface area (Å²) >= 11 is 0. The summed E-state index contributed by atoms with van der Waals surface area (Å²) in [6.45, 7) is 5.14. The first-order chi connectivity index (χ1) is 10.2. The van der Waals surface area contributed by atoms with E-state index in [0.717, 1.165) is 45.4 Å². The summed E-state index contributed by atoms with van der Waals surface area (Å²) in [6.07, 6.45) is 7.67. The highest BCUT2D eigenvalue weighted by Crippen LogP contribution is 2.26. The highest BCUT2D eigenvalue weighted by atomic mass is 35.5. The third-order valence-corrected chi connectivity index (χ3v) is 4.60. The lowest BCUT2D eigenvalue weighted by Crippen LogP contribution is -2.48. The first-order valence-electron chi connectivity index (χ1n) is 8.45. The molecule has 0 spiro atoms. The van der Waals surface area contributed by atoms with Crippen LogP contribution in [-0.2, 0) is 9.59 Å². The average molecular weight is 332 g/mol. The third-order valence-electron chi connectivity index (χ3n) is 4.60. The molecule has 0 aromatic carbocycles. The minimum Gasteiger partial charge on any atom is -0.345 e. The van der Waals surface area contributed by atoms with Crippen molar-refractivity contribution in [1.29, 1.82) is 0 Å². The second-order valence-electron chi connectivity index (χ2n) is 6.43. The maximum atomic E-state index is 12.4. The van der Waals surface area contributed by atoms with Crippen LogP contribution >= 0.6 is 12.4 Å². The molecule has 1 aliphatic carbocycles. The molecule has 6 heteroatoms. The largest absolute Gasteiger partial charge is 0.345 e. The Labute approximate surface area is 140 Å². The van der Waals surface area contributed by atoms with E-state index in [0.29, 0.717) is 12.3 Å². The van der Waals surface area contributed by atoms with Crippen molar-refractivity contribution in [3.63, 3.8) is 0 Å². The molecule has 0 aromatic rings. The van der Waals surface area contributed by atoms with Crippen molar-refractivity contribution in [1.82, 2.24) is 15.5 Å². The van der Waals surface area contributed by atoms with Gasteiger partial charge in [-0.3, -0.25) is 9.59 Å². The van der Waals surface area contributed by atoms with Crippen LogP contribution in [0.25, 0.3) is 0 Å². The molecule has 2 fully saturated rings. The van der Waals surface area contributed by atoms with Crippen LogP contribution in [0.3, 0.4) is 0 Å². The standard InChI is InChI=1S/C16H29N3O2.ClH/c1-13(16(21)19-10-5-8-17-9-11-19)18-15(20)12-14-6-3-2-4-7-14;/h13-14,17H,2-12H2,1H3,(H,18,20);1H. The van der Waals surface area contributed by atoms with Gasteiger partial charge in [-0.2, -0.15) is 0 Å². The highest BCUT2D eigenvalue weighted by Gasteiger charge is 2.24. The number of rotatable bonds is 4. The van der Waals surface area contributed by atoms with Crippen LogP contribution < -0.4 is 10.6 Å². The second-order valence-corrected chi connectivity index (χ2v) is 6.43. The Kier molecular flexibility index (Phi) is 8.79. The Hall–Kier alpha value is -0.810. The van der Waals surface area contributed by atoms with Crippen LogP contribution in [0.1, 0.15) is 51.9 Å². The summed E-state index contributed by atoms with van der Waals surface area (Å²) < 4.78 is 0. The summed E-state index contributed by atoms with van der Waals surface area (Å²) in [4.78, 5) is 26.3. The van der Waals surface area contributed by atoms with Crippen LogP contribution in [0, 0.1) is 5.92 Å². The molecule has 2 rings (SSSR count). The van der Waals surface area contributed by atoms with E-state index in [-0.39, 0.29) is 24.2 Å². The van der Waals surface area contributed by atoms with Gasteiger partial charge >= 0.3 is 0 Å². The maximum Gasteiger partial charge on any atom is 0.244 e. The zero-order chi connectivity index (χ0) is 15.1. The molecule has 1 heterocycles.